The molecule has 1 saturated heterocycles. The number of rotatable bonds is 5. The highest BCUT2D eigenvalue weighted by Crippen LogP contribution is 2.38. The Morgan fingerprint density at radius 3 is 2.47 bits per heavy atom. The molecule has 6 rings (SSSR count). The van der Waals surface area contributed by atoms with Gasteiger partial charge >= 0.3 is 6.18 Å². The van der Waals surface area contributed by atoms with Crippen LogP contribution < -0.4 is 0 Å². The predicted molar refractivity (Wildman–Crippen MR) is 132 cm³/mol. The lowest BCUT2D eigenvalue weighted by Crippen LogP contribution is -2.51. The van der Waals surface area contributed by atoms with Gasteiger partial charge in [-0.05, 0) is 18.2 Å². The van der Waals surface area contributed by atoms with Crippen molar-refractivity contribution in [3.63, 3.8) is 0 Å². The third kappa shape index (κ3) is 4.04. The van der Waals surface area contributed by atoms with E-state index in [4.69, 9.17) is 5.10 Å². The quantitative estimate of drug-likeness (QED) is 0.224. The first kappa shape index (κ1) is 24.0. The molecular formula is C25H17F4N7OS. The van der Waals surface area contributed by atoms with Crippen LogP contribution in [0.25, 0.3) is 38.5 Å². The van der Waals surface area contributed by atoms with Crippen LogP contribution in [0.15, 0.2) is 72.9 Å². The monoisotopic (exact) mass is 539 g/mol. The second-order valence-corrected chi connectivity index (χ2v) is 9.55. The van der Waals surface area contributed by atoms with Gasteiger partial charge < -0.3 is 4.90 Å². The van der Waals surface area contributed by atoms with E-state index in [1.165, 1.54) is 28.4 Å². The van der Waals surface area contributed by atoms with Gasteiger partial charge in [-0.3, -0.25) is 14.5 Å². The minimum absolute atomic E-state index is 0.192. The number of alkyl halides is 3. The van der Waals surface area contributed by atoms with Crippen molar-refractivity contribution in [3.8, 4) is 27.5 Å². The molecule has 1 aliphatic rings. The molecular weight excluding hydrogens is 522 g/mol. The molecule has 0 spiro atoms. The largest absolute Gasteiger partial charge is 0.416 e. The first-order valence-electron chi connectivity index (χ1n) is 11.3. The number of hydrogen-bond donors (Lipinski definition) is 0. The molecule has 13 heteroatoms. The molecule has 5 aromatic rings. The summed E-state index contributed by atoms with van der Waals surface area (Å²) in [5.74, 6) is -1.83. The highest BCUT2D eigenvalue weighted by molar-refractivity contribution is 7.12. The fourth-order valence-electron chi connectivity index (χ4n) is 4.42. The number of thiazole rings is 1. The normalized spacial score (nSPS) is 14.2. The molecule has 0 saturated carbocycles. The highest BCUT2D eigenvalue weighted by Gasteiger charge is 2.36. The van der Waals surface area contributed by atoms with Crippen LogP contribution in [0.4, 0.5) is 17.6 Å². The zero-order valence-electron chi connectivity index (χ0n) is 19.4. The summed E-state index contributed by atoms with van der Waals surface area (Å²) in [5, 5.41) is 11.7. The number of halogens is 4. The number of benzene rings is 1. The van der Waals surface area contributed by atoms with Crippen molar-refractivity contribution in [1.82, 2.24) is 34.4 Å². The molecule has 4 aromatic heterocycles. The number of pyridine rings is 1. The van der Waals surface area contributed by atoms with Gasteiger partial charge in [-0.15, -0.1) is 11.3 Å². The van der Waals surface area contributed by atoms with E-state index < -0.39 is 23.5 Å². The maximum atomic E-state index is 13.4. The summed E-state index contributed by atoms with van der Waals surface area (Å²) < 4.78 is 56.1. The van der Waals surface area contributed by atoms with Crippen LogP contribution in [0.1, 0.15) is 11.6 Å². The molecule has 0 N–H and O–H groups in total. The standard InChI is InChI=1S/C25H17F4N7OS/c1-14(26)23(37)34-12-18(13-34)36-22-19(16-10-32-35(11-16)24-31-8-9-38-24)6-7-30-21(22)20(33-36)15-2-4-17(5-3-15)25(27,28)29/h2-11,18H,1,12-13H2. The van der Waals surface area contributed by atoms with Crippen LogP contribution in [-0.2, 0) is 11.0 Å². The molecule has 0 atom stereocenters. The number of fused-ring (bicyclic) bond motifs is 1. The number of nitrogens with zero attached hydrogens (tertiary/aromatic N) is 7. The average Bonchev–Trinajstić information content (AvgIpc) is 3.62. The number of aromatic nitrogens is 6. The van der Waals surface area contributed by atoms with E-state index in [0.717, 1.165) is 23.3 Å². The number of hydrogen-bond acceptors (Lipinski definition) is 6. The van der Waals surface area contributed by atoms with Crippen molar-refractivity contribution in [1.29, 1.82) is 0 Å². The smallest absolute Gasteiger partial charge is 0.332 e. The molecule has 1 aliphatic heterocycles. The average molecular weight is 540 g/mol. The van der Waals surface area contributed by atoms with Gasteiger partial charge in [0.2, 0.25) is 5.13 Å². The highest BCUT2D eigenvalue weighted by atomic mass is 32.1. The Hall–Kier alpha value is -4.39. The minimum atomic E-state index is -4.47. The summed E-state index contributed by atoms with van der Waals surface area (Å²) in [6, 6.07) is 6.20. The SMILES string of the molecule is C=C(F)C(=O)N1CC(n2nc(-c3ccc(C(F)(F)F)cc3)c3nccc(-c4cnn(-c5nccs5)c4)c32)C1. The van der Waals surface area contributed by atoms with Crippen LogP contribution in [0.2, 0.25) is 0 Å². The molecule has 1 fully saturated rings. The lowest BCUT2D eigenvalue weighted by Gasteiger charge is -2.39. The lowest BCUT2D eigenvalue weighted by molar-refractivity contribution is -0.137. The topological polar surface area (TPSA) is 81.7 Å². The van der Waals surface area contributed by atoms with E-state index in [-0.39, 0.29) is 19.1 Å². The summed E-state index contributed by atoms with van der Waals surface area (Å²) in [6.07, 6.45) is 2.29. The zero-order chi connectivity index (χ0) is 26.6. The summed E-state index contributed by atoms with van der Waals surface area (Å²) in [4.78, 5) is 22.1. The first-order valence-corrected chi connectivity index (χ1v) is 12.2. The predicted octanol–water partition coefficient (Wildman–Crippen LogP) is 5.29. The maximum absolute atomic E-state index is 13.4. The Bertz CT molecular complexity index is 1670. The van der Waals surface area contributed by atoms with Gasteiger partial charge in [0, 0.05) is 53.8 Å². The van der Waals surface area contributed by atoms with Crippen LogP contribution in [0.3, 0.4) is 0 Å². The van der Waals surface area contributed by atoms with Gasteiger partial charge in [-0.1, -0.05) is 18.7 Å². The van der Waals surface area contributed by atoms with Gasteiger partial charge in [0.15, 0.2) is 5.83 Å². The van der Waals surface area contributed by atoms with E-state index in [9.17, 15) is 22.4 Å². The molecule has 8 nitrogen and oxygen atoms in total. The van der Waals surface area contributed by atoms with Crippen LogP contribution in [-0.4, -0.2) is 53.4 Å². The molecule has 0 unspecified atom stereocenters. The Balaban J connectivity index is 1.47. The fourth-order valence-corrected chi connectivity index (χ4v) is 4.99. The summed E-state index contributed by atoms with van der Waals surface area (Å²) in [6.45, 7) is 3.45. The van der Waals surface area contributed by atoms with E-state index in [0.29, 0.717) is 27.4 Å². The first-order chi connectivity index (χ1) is 18.2. The van der Waals surface area contributed by atoms with Gasteiger partial charge in [0.25, 0.3) is 5.91 Å². The van der Waals surface area contributed by atoms with Gasteiger partial charge in [0.05, 0.1) is 23.3 Å². The second kappa shape index (κ2) is 8.87. The number of likely N-dealkylation sites (tertiary alicyclic amines) is 1. The summed E-state index contributed by atoms with van der Waals surface area (Å²) in [7, 11) is 0. The fraction of sp³-hybridized carbons (Fsp3) is 0.160. The minimum Gasteiger partial charge on any atom is -0.332 e. The summed E-state index contributed by atoms with van der Waals surface area (Å²) >= 11 is 1.42. The summed E-state index contributed by atoms with van der Waals surface area (Å²) in [5.41, 5.74) is 2.66. The van der Waals surface area contributed by atoms with Crippen molar-refractivity contribution in [2.75, 3.05) is 13.1 Å². The lowest BCUT2D eigenvalue weighted by atomic mass is 10.0. The molecule has 1 amide bonds. The Morgan fingerprint density at radius 1 is 1.05 bits per heavy atom. The Kier molecular flexibility index (Phi) is 5.60. The van der Waals surface area contributed by atoms with E-state index in [2.05, 4.69) is 21.6 Å². The van der Waals surface area contributed by atoms with Crippen molar-refractivity contribution >= 4 is 28.3 Å². The van der Waals surface area contributed by atoms with E-state index >= 15 is 0 Å². The third-order valence-corrected chi connectivity index (χ3v) is 7.07. The van der Waals surface area contributed by atoms with Crippen LogP contribution in [0, 0.1) is 0 Å². The Morgan fingerprint density at radius 2 is 1.82 bits per heavy atom. The number of amides is 1. The van der Waals surface area contributed by atoms with E-state index in [1.807, 2.05) is 11.6 Å². The van der Waals surface area contributed by atoms with Gasteiger partial charge in [-0.2, -0.15) is 23.4 Å². The molecule has 192 valence electrons. The molecule has 0 radical (unpaired) electrons. The van der Waals surface area contributed by atoms with Gasteiger partial charge in [-0.25, -0.2) is 14.1 Å². The number of carbonyl (C=O) groups is 1. The van der Waals surface area contributed by atoms with Crippen molar-refractivity contribution in [3.05, 3.63) is 78.5 Å². The molecule has 5 heterocycles. The third-order valence-electron chi connectivity index (χ3n) is 6.31. The number of carbonyl (C=O) groups excluding carboxylic acids is 1. The maximum Gasteiger partial charge on any atom is 0.416 e. The molecule has 1 aromatic carbocycles. The zero-order valence-corrected chi connectivity index (χ0v) is 20.2. The molecule has 0 aliphatic carbocycles. The van der Waals surface area contributed by atoms with Crippen LogP contribution >= 0.6 is 11.3 Å². The van der Waals surface area contributed by atoms with Crippen molar-refractivity contribution < 1.29 is 22.4 Å². The van der Waals surface area contributed by atoms with Crippen LogP contribution in [0.5, 0.6) is 0 Å². The second-order valence-electron chi connectivity index (χ2n) is 8.68. The Labute approximate surface area is 216 Å². The molecule has 38 heavy (non-hydrogen) atoms. The van der Waals surface area contributed by atoms with E-state index in [1.54, 1.807) is 34.0 Å². The molecule has 0 bridgehead atoms. The van der Waals surface area contributed by atoms with Gasteiger partial charge in [0.1, 0.15) is 11.2 Å². The van der Waals surface area contributed by atoms with Crippen molar-refractivity contribution in [2.45, 2.75) is 12.2 Å². The van der Waals surface area contributed by atoms with Crippen molar-refractivity contribution in [2.24, 2.45) is 0 Å².